The van der Waals surface area contributed by atoms with Crippen molar-refractivity contribution < 1.29 is 0 Å². The maximum Gasteiger partial charge on any atom is 0.147 e. The molecule has 0 amide bonds. The van der Waals surface area contributed by atoms with E-state index in [1.807, 2.05) is 0 Å². The van der Waals surface area contributed by atoms with Crippen LogP contribution < -0.4 is 0 Å². The average Bonchev–Trinajstić information content (AvgIpc) is 3.36. The molecule has 7 aromatic rings. The molecular formula is C28H19N3. The Balaban J connectivity index is 1.91. The van der Waals surface area contributed by atoms with Crippen molar-refractivity contribution in [3.63, 3.8) is 0 Å². The third-order valence-corrected chi connectivity index (χ3v) is 6.32. The zero-order valence-corrected chi connectivity index (χ0v) is 17.1. The lowest BCUT2D eigenvalue weighted by Crippen LogP contribution is -1.99. The maximum atomic E-state index is 5.07. The van der Waals surface area contributed by atoms with Crippen LogP contribution in [0.25, 0.3) is 55.1 Å². The van der Waals surface area contributed by atoms with E-state index in [2.05, 4.69) is 113 Å². The zero-order chi connectivity index (χ0) is 20.5. The van der Waals surface area contributed by atoms with Gasteiger partial charge in [-0.15, -0.1) is 0 Å². The van der Waals surface area contributed by atoms with Gasteiger partial charge in [0.2, 0.25) is 0 Å². The molecule has 3 heterocycles. The number of rotatable bonds is 1. The van der Waals surface area contributed by atoms with Gasteiger partial charge in [0.25, 0.3) is 0 Å². The molecule has 0 bridgehead atoms. The molecule has 0 aliphatic carbocycles. The number of imidazole rings is 1. The number of hydrogen-bond acceptors (Lipinski definition) is 1. The van der Waals surface area contributed by atoms with E-state index < -0.39 is 0 Å². The molecule has 0 radical (unpaired) electrons. The highest BCUT2D eigenvalue weighted by Crippen LogP contribution is 2.40. The van der Waals surface area contributed by atoms with Crippen molar-refractivity contribution in [3.8, 4) is 5.69 Å². The Labute approximate surface area is 178 Å². The molecule has 0 atom stereocenters. The second kappa shape index (κ2) is 5.96. The summed E-state index contributed by atoms with van der Waals surface area (Å²) in [6.45, 7) is 2.17. The molecule has 31 heavy (non-hydrogen) atoms. The highest BCUT2D eigenvalue weighted by Gasteiger charge is 2.21. The van der Waals surface area contributed by atoms with Gasteiger partial charge in [-0.3, -0.25) is 8.97 Å². The number of para-hydroxylation sites is 3. The number of benzene rings is 4. The van der Waals surface area contributed by atoms with Crippen molar-refractivity contribution in [1.29, 1.82) is 0 Å². The molecule has 4 aromatic carbocycles. The molecule has 3 nitrogen and oxygen atoms in total. The van der Waals surface area contributed by atoms with Crippen molar-refractivity contribution in [2.75, 3.05) is 0 Å². The summed E-state index contributed by atoms with van der Waals surface area (Å²) in [5, 5.41) is 4.97. The van der Waals surface area contributed by atoms with Gasteiger partial charge in [-0.05, 0) is 48.7 Å². The Kier molecular flexibility index (Phi) is 3.20. The highest BCUT2D eigenvalue weighted by molar-refractivity contribution is 6.24. The highest BCUT2D eigenvalue weighted by atomic mass is 15.1. The molecule has 0 saturated carbocycles. The lowest BCUT2D eigenvalue weighted by atomic mass is 10.1. The molecule has 0 spiro atoms. The van der Waals surface area contributed by atoms with Crippen LogP contribution in [0.3, 0.4) is 0 Å². The smallest absolute Gasteiger partial charge is 0.147 e. The van der Waals surface area contributed by atoms with Gasteiger partial charge in [0, 0.05) is 21.8 Å². The van der Waals surface area contributed by atoms with Crippen LogP contribution in [-0.4, -0.2) is 14.0 Å². The summed E-state index contributed by atoms with van der Waals surface area (Å²) in [5.74, 6) is 0. The summed E-state index contributed by atoms with van der Waals surface area (Å²) < 4.78 is 4.73. The van der Waals surface area contributed by atoms with Crippen LogP contribution in [0.4, 0.5) is 0 Å². The lowest BCUT2D eigenvalue weighted by molar-refractivity contribution is 1.11. The van der Waals surface area contributed by atoms with E-state index in [0.29, 0.717) is 0 Å². The molecular weight excluding hydrogens is 378 g/mol. The average molecular weight is 397 g/mol. The van der Waals surface area contributed by atoms with E-state index in [1.54, 1.807) is 0 Å². The molecule has 3 heteroatoms. The standard InChI is InChI=1S/C28H19N3/c1-18-15-16-24-22(17-18)26-20-11-5-6-12-21(20)27-29-23-13-7-8-14-25(23)31(27)28(26)30(24)19-9-3-2-4-10-19/h2-17H,1H3. The summed E-state index contributed by atoms with van der Waals surface area (Å²) >= 11 is 0. The van der Waals surface area contributed by atoms with Crippen LogP contribution in [0.2, 0.25) is 0 Å². The predicted octanol–water partition coefficient (Wildman–Crippen LogP) is 7.05. The summed E-state index contributed by atoms with van der Waals surface area (Å²) in [7, 11) is 0. The van der Waals surface area contributed by atoms with Crippen LogP contribution >= 0.6 is 0 Å². The van der Waals surface area contributed by atoms with Crippen molar-refractivity contribution >= 4 is 49.4 Å². The molecule has 3 aromatic heterocycles. The number of fused-ring (bicyclic) bond motifs is 10. The predicted molar refractivity (Wildman–Crippen MR) is 129 cm³/mol. The number of pyridine rings is 1. The van der Waals surface area contributed by atoms with Crippen LogP contribution in [0, 0.1) is 6.92 Å². The first-order valence-electron chi connectivity index (χ1n) is 10.6. The first-order chi connectivity index (χ1) is 15.3. The minimum Gasteiger partial charge on any atom is -0.295 e. The van der Waals surface area contributed by atoms with Crippen LogP contribution in [0.5, 0.6) is 0 Å². The molecule has 0 fully saturated rings. The minimum atomic E-state index is 1.00. The van der Waals surface area contributed by atoms with Crippen molar-refractivity contribution in [2.24, 2.45) is 0 Å². The first-order valence-corrected chi connectivity index (χ1v) is 10.6. The lowest BCUT2D eigenvalue weighted by Gasteiger charge is -2.11. The van der Waals surface area contributed by atoms with Crippen LogP contribution in [0.15, 0.2) is 97.1 Å². The van der Waals surface area contributed by atoms with Crippen molar-refractivity contribution in [2.45, 2.75) is 6.92 Å². The van der Waals surface area contributed by atoms with Gasteiger partial charge < -0.3 is 0 Å². The third-order valence-electron chi connectivity index (χ3n) is 6.32. The maximum absolute atomic E-state index is 5.07. The Morgan fingerprint density at radius 1 is 0.645 bits per heavy atom. The molecule has 0 saturated heterocycles. The van der Waals surface area contributed by atoms with Gasteiger partial charge in [0.15, 0.2) is 0 Å². The number of nitrogens with zero attached hydrogens (tertiary/aromatic N) is 3. The fourth-order valence-electron chi connectivity index (χ4n) is 5.02. The summed E-state index contributed by atoms with van der Waals surface area (Å²) in [4.78, 5) is 5.07. The van der Waals surface area contributed by atoms with Gasteiger partial charge in [0.05, 0.1) is 16.6 Å². The molecule has 0 aliphatic rings. The Morgan fingerprint density at radius 2 is 1.39 bits per heavy atom. The fourth-order valence-corrected chi connectivity index (χ4v) is 5.02. The Bertz CT molecular complexity index is 1790. The Hall–Kier alpha value is -4.11. The molecule has 0 N–H and O–H groups in total. The molecule has 146 valence electrons. The van der Waals surface area contributed by atoms with Gasteiger partial charge in [0.1, 0.15) is 11.3 Å². The van der Waals surface area contributed by atoms with Crippen molar-refractivity contribution in [3.05, 3.63) is 103 Å². The van der Waals surface area contributed by atoms with Crippen LogP contribution in [-0.2, 0) is 0 Å². The van der Waals surface area contributed by atoms with E-state index in [4.69, 9.17) is 4.98 Å². The van der Waals surface area contributed by atoms with E-state index in [9.17, 15) is 0 Å². The molecule has 7 rings (SSSR count). The summed E-state index contributed by atoms with van der Waals surface area (Å²) in [6, 6.07) is 34.5. The zero-order valence-electron chi connectivity index (χ0n) is 17.1. The summed E-state index contributed by atoms with van der Waals surface area (Å²) in [6.07, 6.45) is 0. The molecule has 0 unspecified atom stereocenters. The number of aryl methyl sites for hydroxylation is 1. The van der Waals surface area contributed by atoms with Gasteiger partial charge >= 0.3 is 0 Å². The fraction of sp³-hybridized carbons (Fsp3) is 0.0357. The quantitative estimate of drug-likeness (QED) is 0.291. The number of hydrogen-bond donors (Lipinski definition) is 0. The SMILES string of the molecule is Cc1ccc2c(c1)c1c3ccccc3c3nc4ccccc4n3c1n2-c1ccccc1. The first kappa shape index (κ1) is 16.7. The third kappa shape index (κ3) is 2.15. The normalized spacial score (nSPS) is 12.0. The second-order valence-corrected chi connectivity index (χ2v) is 8.20. The van der Waals surface area contributed by atoms with Crippen LogP contribution in [0.1, 0.15) is 5.56 Å². The van der Waals surface area contributed by atoms with Gasteiger partial charge in [-0.1, -0.05) is 66.2 Å². The van der Waals surface area contributed by atoms with E-state index in [0.717, 1.165) is 28.0 Å². The number of aromatic nitrogens is 3. The largest absolute Gasteiger partial charge is 0.295 e. The monoisotopic (exact) mass is 397 g/mol. The molecule has 0 aliphatic heterocycles. The van der Waals surface area contributed by atoms with Crippen molar-refractivity contribution in [1.82, 2.24) is 14.0 Å². The van der Waals surface area contributed by atoms with E-state index in [1.165, 1.54) is 32.6 Å². The summed E-state index contributed by atoms with van der Waals surface area (Å²) in [5.41, 5.74) is 7.93. The van der Waals surface area contributed by atoms with Gasteiger partial charge in [-0.25, -0.2) is 4.98 Å². The van der Waals surface area contributed by atoms with E-state index in [-0.39, 0.29) is 0 Å². The minimum absolute atomic E-state index is 1.00. The topological polar surface area (TPSA) is 22.2 Å². The van der Waals surface area contributed by atoms with E-state index >= 15 is 0 Å². The Morgan fingerprint density at radius 3 is 2.26 bits per heavy atom. The second-order valence-electron chi connectivity index (χ2n) is 8.20. The van der Waals surface area contributed by atoms with Gasteiger partial charge in [-0.2, -0.15) is 0 Å².